The summed E-state index contributed by atoms with van der Waals surface area (Å²) in [6.45, 7) is 4.11. The van der Waals surface area contributed by atoms with Crippen molar-refractivity contribution in [3.63, 3.8) is 0 Å². The van der Waals surface area contributed by atoms with Gasteiger partial charge in [0.05, 0.1) is 5.69 Å². The van der Waals surface area contributed by atoms with Gasteiger partial charge < -0.3 is 11.1 Å². The molecule has 0 radical (unpaired) electrons. The molecule has 2 aromatic heterocycles. The van der Waals surface area contributed by atoms with Gasteiger partial charge in [0.2, 0.25) is 0 Å². The summed E-state index contributed by atoms with van der Waals surface area (Å²) < 4.78 is 0. The van der Waals surface area contributed by atoms with Gasteiger partial charge in [-0.05, 0) is 23.4 Å². The Hall–Kier alpha value is -0.910. The Balaban J connectivity index is 1.73. The average Bonchev–Trinajstić information content (AvgIpc) is 2.93. The molecule has 0 aliphatic carbocycles. The van der Waals surface area contributed by atoms with E-state index in [4.69, 9.17) is 5.73 Å². The lowest BCUT2D eigenvalue weighted by Gasteiger charge is -2.03. The molecular weight excluding hydrogens is 250 g/mol. The summed E-state index contributed by atoms with van der Waals surface area (Å²) in [5, 5.41) is 8.30. The number of rotatable bonds is 6. The molecule has 0 unspecified atom stereocenters. The molecule has 5 heteroatoms. The molecule has 0 saturated heterocycles. The van der Waals surface area contributed by atoms with E-state index in [-0.39, 0.29) is 0 Å². The van der Waals surface area contributed by atoms with Crippen LogP contribution in [0.3, 0.4) is 0 Å². The maximum atomic E-state index is 5.59. The molecule has 2 heterocycles. The lowest BCUT2D eigenvalue weighted by Crippen LogP contribution is -2.16. The van der Waals surface area contributed by atoms with Crippen molar-refractivity contribution < 1.29 is 0 Å². The molecule has 3 nitrogen and oxygen atoms in total. The van der Waals surface area contributed by atoms with E-state index in [1.807, 2.05) is 16.7 Å². The number of thiazole rings is 1. The summed E-state index contributed by atoms with van der Waals surface area (Å²) >= 11 is 3.34. The number of aryl methyl sites for hydroxylation is 1. The van der Waals surface area contributed by atoms with Crippen molar-refractivity contribution in [1.82, 2.24) is 10.3 Å². The number of thiophene rings is 1. The van der Waals surface area contributed by atoms with Gasteiger partial charge in [0.25, 0.3) is 0 Å². The first-order chi connectivity index (χ1) is 8.29. The standard InChI is InChI=1S/C12H17N3S2/c1-2-9-4-6-16-11(9)7-14-5-3-10-8-17-12(13)15-10/h4,6,8,14H,2-3,5,7H2,1H3,(H2,13,15). The van der Waals surface area contributed by atoms with Crippen molar-refractivity contribution in [3.05, 3.63) is 33.0 Å². The van der Waals surface area contributed by atoms with Crippen molar-refractivity contribution in [2.45, 2.75) is 26.3 Å². The number of nitrogen functional groups attached to an aromatic ring is 1. The quantitative estimate of drug-likeness (QED) is 0.791. The predicted molar refractivity (Wildman–Crippen MR) is 75.6 cm³/mol. The Kier molecular flexibility index (Phi) is 4.53. The molecule has 0 amide bonds. The summed E-state index contributed by atoms with van der Waals surface area (Å²) in [7, 11) is 0. The third-order valence-corrected chi connectivity index (χ3v) is 4.32. The number of nitrogens with one attached hydrogen (secondary N) is 1. The Bertz CT molecular complexity index is 462. The SMILES string of the molecule is CCc1ccsc1CNCCc1csc(N)n1. The van der Waals surface area contributed by atoms with E-state index in [9.17, 15) is 0 Å². The van der Waals surface area contributed by atoms with Crippen molar-refractivity contribution in [2.24, 2.45) is 0 Å². The van der Waals surface area contributed by atoms with E-state index < -0.39 is 0 Å². The number of hydrogen-bond acceptors (Lipinski definition) is 5. The molecule has 0 aliphatic heterocycles. The number of nitrogens with two attached hydrogens (primary N) is 1. The van der Waals surface area contributed by atoms with Crippen LogP contribution in [0.15, 0.2) is 16.8 Å². The van der Waals surface area contributed by atoms with Crippen molar-refractivity contribution in [1.29, 1.82) is 0 Å². The summed E-state index contributed by atoms with van der Waals surface area (Å²) in [4.78, 5) is 5.69. The van der Waals surface area contributed by atoms with E-state index in [2.05, 4.69) is 28.7 Å². The van der Waals surface area contributed by atoms with Gasteiger partial charge in [-0.25, -0.2) is 4.98 Å². The van der Waals surface area contributed by atoms with Crippen LogP contribution >= 0.6 is 22.7 Å². The highest BCUT2D eigenvalue weighted by molar-refractivity contribution is 7.13. The third kappa shape index (κ3) is 3.52. The maximum absolute atomic E-state index is 5.59. The minimum atomic E-state index is 0.659. The van der Waals surface area contributed by atoms with Crippen molar-refractivity contribution in [2.75, 3.05) is 12.3 Å². The van der Waals surface area contributed by atoms with E-state index in [1.54, 1.807) is 0 Å². The van der Waals surface area contributed by atoms with E-state index in [1.165, 1.54) is 21.8 Å². The molecule has 92 valence electrons. The van der Waals surface area contributed by atoms with Crippen LogP contribution < -0.4 is 11.1 Å². The molecular formula is C12H17N3S2. The fourth-order valence-corrected chi connectivity index (χ4v) is 3.24. The zero-order valence-electron chi connectivity index (χ0n) is 9.90. The normalized spacial score (nSPS) is 10.9. The Labute approximate surface area is 110 Å². The largest absolute Gasteiger partial charge is 0.375 e. The fourth-order valence-electron chi connectivity index (χ4n) is 1.69. The van der Waals surface area contributed by atoms with Crippen LogP contribution in [0.1, 0.15) is 23.1 Å². The van der Waals surface area contributed by atoms with Gasteiger partial charge >= 0.3 is 0 Å². The number of hydrogen-bond donors (Lipinski definition) is 2. The minimum Gasteiger partial charge on any atom is -0.375 e. The lowest BCUT2D eigenvalue weighted by molar-refractivity contribution is 0.685. The van der Waals surface area contributed by atoms with Crippen LogP contribution in [0.25, 0.3) is 0 Å². The average molecular weight is 267 g/mol. The van der Waals surface area contributed by atoms with Crippen LogP contribution in [0.4, 0.5) is 5.13 Å². The summed E-state index contributed by atoms with van der Waals surface area (Å²) in [6, 6.07) is 2.21. The van der Waals surface area contributed by atoms with E-state index in [0.717, 1.165) is 31.6 Å². The van der Waals surface area contributed by atoms with Gasteiger partial charge in [-0.15, -0.1) is 22.7 Å². The summed E-state index contributed by atoms with van der Waals surface area (Å²) in [6.07, 6.45) is 2.06. The lowest BCUT2D eigenvalue weighted by atomic mass is 10.2. The first-order valence-corrected chi connectivity index (χ1v) is 7.51. The Morgan fingerprint density at radius 1 is 1.41 bits per heavy atom. The highest BCUT2D eigenvalue weighted by atomic mass is 32.1. The van der Waals surface area contributed by atoms with Crippen molar-refractivity contribution >= 4 is 27.8 Å². The van der Waals surface area contributed by atoms with Gasteiger partial charge in [0.15, 0.2) is 5.13 Å². The predicted octanol–water partition coefficient (Wildman–Crippen LogP) is 2.68. The van der Waals surface area contributed by atoms with Crippen molar-refractivity contribution in [3.8, 4) is 0 Å². The highest BCUT2D eigenvalue weighted by Crippen LogP contribution is 2.17. The molecule has 0 atom stereocenters. The Morgan fingerprint density at radius 3 is 3.00 bits per heavy atom. The van der Waals surface area contributed by atoms with Crippen LogP contribution in [-0.2, 0) is 19.4 Å². The van der Waals surface area contributed by atoms with Gasteiger partial charge in [0.1, 0.15) is 0 Å². The van der Waals surface area contributed by atoms with Crippen LogP contribution in [0, 0.1) is 0 Å². The smallest absolute Gasteiger partial charge is 0.180 e. The van der Waals surface area contributed by atoms with Crippen LogP contribution in [0.2, 0.25) is 0 Å². The summed E-state index contributed by atoms with van der Waals surface area (Å²) in [5.41, 5.74) is 8.13. The number of anilines is 1. The second-order valence-corrected chi connectivity index (χ2v) is 5.72. The first kappa shape index (κ1) is 12.5. The van der Waals surface area contributed by atoms with Crippen LogP contribution in [-0.4, -0.2) is 11.5 Å². The molecule has 2 rings (SSSR count). The molecule has 3 N–H and O–H groups in total. The van der Waals surface area contributed by atoms with Crippen LogP contribution in [0.5, 0.6) is 0 Å². The first-order valence-electron chi connectivity index (χ1n) is 5.75. The zero-order chi connectivity index (χ0) is 12.1. The van der Waals surface area contributed by atoms with Gasteiger partial charge in [-0.1, -0.05) is 6.92 Å². The molecule has 2 aromatic rings. The molecule has 0 aromatic carbocycles. The van der Waals surface area contributed by atoms with Gasteiger partial charge in [-0.3, -0.25) is 0 Å². The van der Waals surface area contributed by atoms with E-state index in [0.29, 0.717) is 5.13 Å². The Morgan fingerprint density at radius 2 is 2.29 bits per heavy atom. The molecule has 0 spiro atoms. The summed E-state index contributed by atoms with van der Waals surface area (Å²) in [5.74, 6) is 0. The monoisotopic (exact) mass is 267 g/mol. The molecule has 0 aliphatic rings. The number of aromatic nitrogens is 1. The molecule has 0 saturated carbocycles. The second-order valence-electron chi connectivity index (χ2n) is 3.83. The third-order valence-electron chi connectivity index (χ3n) is 2.63. The molecule has 0 bridgehead atoms. The molecule has 17 heavy (non-hydrogen) atoms. The highest BCUT2D eigenvalue weighted by Gasteiger charge is 2.02. The maximum Gasteiger partial charge on any atom is 0.180 e. The minimum absolute atomic E-state index is 0.659. The molecule has 0 fully saturated rings. The van der Waals surface area contributed by atoms with Gasteiger partial charge in [-0.2, -0.15) is 0 Å². The van der Waals surface area contributed by atoms with E-state index >= 15 is 0 Å². The fraction of sp³-hybridized carbons (Fsp3) is 0.417. The topological polar surface area (TPSA) is 50.9 Å². The number of nitrogens with zero attached hydrogens (tertiary/aromatic N) is 1. The second kappa shape index (κ2) is 6.14. The van der Waals surface area contributed by atoms with Gasteiger partial charge in [0, 0.05) is 29.8 Å². The zero-order valence-corrected chi connectivity index (χ0v) is 11.5.